The van der Waals surface area contributed by atoms with Crippen molar-refractivity contribution in [1.29, 1.82) is 0 Å². The van der Waals surface area contributed by atoms with E-state index in [1.165, 1.54) is 4.88 Å². The molecule has 0 bridgehead atoms. The summed E-state index contributed by atoms with van der Waals surface area (Å²) in [6.45, 7) is 10.3. The Labute approximate surface area is 157 Å². The van der Waals surface area contributed by atoms with Gasteiger partial charge in [-0.2, -0.15) is 0 Å². The quantitative estimate of drug-likeness (QED) is 0.385. The van der Waals surface area contributed by atoms with E-state index >= 15 is 0 Å². The van der Waals surface area contributed by atoms with Crippen LogP contribution in [-0.2, 0) is 6.42 Å². The largest absolute Gasteiger partial charge is 0.357 e. The Hall–Kier alpha value is -0.340. The lowest BCUT2D eigenvalue weighted by atomic mass is 10.3. The van der Waals surface area contributed by atoms with Crippen LogP contribution in [0, 0.1) is 0 Å². The molecule has 1 N–H and O–H groups in total. The molecule has 0 unspecified atom stereocenters. The molecule has 0 saturated carbocycles. The second kappa shape index (κ2) is 12.1. The van der Waals surface area contributed by atoms with Crippen LogP contribution in [0.4, 0.5) is 0 Å². The Morgan fingerprint density at radius 1 is 1.32 bits per heavy atom. The molecule has 0 fully saturated rings. The Kier molecular flexibility index (Phi) is 11.9. The van der Waals surface area contributed by atoms with Crippen LogP contribution in [-0.4, -0.2) is 62.1 Å². The van der Waals surface area contributed by atoms with Crippen molar-refractivity contribution in [2.75, 3.05) is 40.3 Å². The van der Waals surface area contributed by atoms with Gasteiger partial charge in [-0.15, -0.1) is 35.3 Å². The lowest BCUT2D eigenvalue weighted by molar-refractivity contribution is 0.281. The van der Waals surface area contributed by atoms with Crippen LogP contribution in [0.2, 0.25) is 0 Å². The second-order valence-electron chi connectivity index (χ2n) is 5.56. The molecule has 1 heterocycles. The highest BCUT2D eigenvalue weighted by molar-refractivity contribution is 14.0. The maximum Gasteiger partial charge on any atom is 0.193 e. The molecule has 0 saturated heterocycles. The van der Waals surface area contributed by atoms with E-state index in [1.807, 2.05) is 11.3 Å². The van der Waals surface area contributed by atoms with Gasteiger partial charge < -0.3 is 15.1 Å². The van der Waals surface area contributed by atoms with Gasteiger partial charge in [-0.1, -0.05) is 6.07 Å². The maximum atomic E-state index is 4.73. The molecule has 0 aliphatic heterocycles. The molecule has 0 spiro atoms. The van der Waals surface area contributed by atoms with E-state index in [-0.39, 0.29) is 24.0 Å². The number of guanidine groups is 1. The molecule has 0 radical (unpaired) electrons. The van der Waals surface area contributed by atoms with Gasteiger partial charge in [0.15, 0.2) is 5.96 Å². The number of hydrogen-bond donors (Lipinski definition) is 1. The van der Waals surface area contributed by atoms with Crippen LogP contribution in [0.1, 0.15) is 25.6 Å². The molecule has 4 nitrogen and oxygen atoms in total. The Bertz CT molecular complexity index is 406. The third-order valence-corrected chi connectivity index (χ3v) is 4.50. The number of aliphatic imine (C=N–C) groups is 1. The molecule has 128 valence electrons. The van der Waals surface area contributed by atoms with Gasteiger partial charge in [0, 0.05) is 37.6 Å². The summed E-state index contributed by atoms with van der Waals surface area (Å²) in [7, 11) is 4.26. The van der Waals surface area contributed by atoms with Gasteiger partial charge in [0.25, 0.3) is 0 Å². The summed E-state index contributed by atoms with van der Waals surface area (Å²) >= 11 is 1.82. The molecular formula is C16H31IN4S. The standard InChI is InChI=1S/C16H30N4S.HI/c1-6-17-16(18-10-12-19(4)14(2)3)20(5)11-9-15-8-7-13-21-15;/h7-8,13-14H,6,9-12H2,1-5H3,(H,17,18);1H. The molecule has 0 aliphatic rings. The predicted molar refractivity (Wildman–Crippen MR) is 110 cm³/mol. The number of halogens is 1. The number of nitrogens with zero attached hydrogens (tertiary/aromatic N) is 3. The average Bonchev–Trinajstić information content (AvgIpc) is 2.96. The fourth-order valence-electron chi connectivity index (χ4n) is 1.88. The third kappa shape index (κ3) is 8.33. The molecule has 6 heteroatoms. The highest BCUT2D eigenvalue weighted by Crippen LogP contribution is 2.09. The molecular weight excluding hydrogens is 407 g/mol. The summed E-state index contributed by atoms with van der Waals surface area (Å²) in [5.41, 5.74) is 0. The van der Waals surface area contributed by atoms with Gasteiger partial charge in [-0.05, 0) is 45.7 Å². The Morgan fingerprint density at radius 3 is 2.59 bits per heavy atom. The van der Waals surface area contributed by atoms with Gasteiger partial charge in [0.2, 0.25) is 0 Å². The van der Waals surface area contributed by atoms with Crippen molar-refractivity contribution >= 4 is 41.3 Å². The van der Waals surface area contributed by atoms with Gasteiger partial charge in [-0.25, -0.2) is 0 Å². The van der Waals surface area contributed by atoms with Crippen LogP contribution in [0.3, 0.4) is 0 Å². The fraction of sp³-hybridized carbons (Fsp3) is 0.688. The lowest BCUT2D eigenvalue weighted by Crippen LogP contribution is -2.40. The topological polar surface area (TPSA) is 30.9 Å². The smallest absolute Gasteiger partial charge is 0.193 e. The SMILES string of the molecule is CCNC(=NCCN(C)C(C)C)N(C)CCc1cccs1.I. The number of hydrogen-bond acceptors (Lipinski definition) is 3. The number of nitrogens with one attached hydrogen (secondary N) is 1. The van der Waals surface area contributed by atoms with Crippen LogP contribution in [0.25, 0.3) is 0 Å². The molecule has 0 aromatic carbocycles. The molecule has 1 rings (SSSR count). The first kappa shape index (κ1) is 21.7. The monoisotopic (exact) mass is 438 g/mol. The van der Waals surface area contributed by atoms with E-state index in [2.05, 4.69) is 67.5 Å². The Morgan fingerprint density at radius 2 is 2.05 bits per heavy atom. The Balaban J connectivity index is 0.00000441. The van der Waals surface area contributed by atoms with E-state index < -0.39 is 0 Å². The lowest BCUT2D eigenvalue weighted by Gasteiger charge is -2.23. The van der Waals surface area contributed by atoms with Crippen molar-refractivity contribution in [3.05, 3.63) is 22.4 Å². The highest BCUT2D eigenvalue weighted by Gasteiger charge is 2.07. The summed E-state index contributed by atoms with van der Waals surface area (Å²) in [6, 6.07) is 4.88. The first-order valence-corrected chi connectivity index (χ1v) is 8.64. The van der Waals surface area contributed by atoms with Crippen LogP contribution >= 0.6 is 35.3 Å². The maximum absolute atomic E-state index is 4.73. The van der Waals surface area contributed by atoms with E-state index in [0.717, 1.165) is 38.6 Å². The molecule has 0 aliphatic carbocycles. The van der Waals surface area contributed by atoms with Gasteiger partial charge in [0.05, 0.1) is 6.54 Å². The van der Waals surface area contributed by atoms with Gasteiger partial charge in [0.1, 0.15) is 0 Å². The minimum atomic E-state index is 0. The zero-order chi connectivity index (χ0) is 15.7. The molecule has 1 aromatic heterocycles. The minimum absolute atomic E-state index is 0. The van der Waals surface area contributed by atoms with Crippen molar-refractivity contribution in [1.82, 2.24) is 15.1 Å². The molecule has 22 heavy (non-hydrogen) atoms. The number of likely N-dealkylation sites (N-methyl/N-ethyl adjacent to an activating group) is 2. The van der Waals surface area contributed by atoms with Crippen LogP contribution in [0.15, 0.2) is 22.5 Å². The summed E-state index contributed by atoms with van der Waals surface area (Å²) in [4.78, 5) is 10.7. The molecule has 0 amide bonds. The normalized spacial score (nSPS) is 11.7. The van der Waals surface area contributed by atoms with Crippen molar-refractivity contribution in [2.45, 2.75) is 33.2 Å². The number of rotatable bonds is 8. The first-order chi connectivity index (χ1) is 10.0. The third-order valence-electron chi connectivity index (χ3n) is 3.57. The molecule has 1 aromatic rings. The zero-order valence-electron chi connectivity index (χ0n) is 14.5. The van der Waals surface area contributed by atoms with Crippen LogP contribution in [0.5, 0.6) is 0 Å². The van der Waals surface area contributed by atoms with Gasteiger partial charge >= 0.3 is 0 Å². The summed E-state index contributed by atoms with van der Waals surface area (Å²) in [6.07, 6.45) is 1.07. The van der Waals surface area contributed by atoms with E-state index in [4.69, 9.17) is 4.99 Å². The number of thiophene rings is 1. The van der Waals surface area contributed by atoms with Crippen LogP contribution < -0.4 is 5.32 Å². The zero-order valence-corrected chi connectivity index (χ0v) is 17.6. The van der Waals surface area contributed by atoms with Crippen molar-refractivity contribution < 1.29 is 0 Å². The fourth-order valence-corrected chi connectivity index (χ4v) is 2.58. The van der Waals surface area contributed by atoms with Crippen molar-refractivity contribution in [3.8, 4) is 0 Å². The summed E-state index contributed by atoms with van der Waals surface area (Å²) in [5.74, 6) is 1.01. The molecule has 0 atom stereocenters. The van der Waals surface area contributed by atoms with E-state index in [9.17, 15) is 0 Å². The average molecular weight is 438 g/mol. The van der Waals surface area contributed by atoms with Gasteiger partial charge in [-0.3, -0.25) is 4.99 Å². The first-order valence-electron chi connectivity index (χ1n) is 7.76. The van der Waals surface area contributed by atoms with E-state index in [1.54, 1.807) is 0 Å². The highest BCUT2D eigenvalue weighted by atomic mass is 127. The predicted octanol–water partition coefficient (Wildman–Crippen LogP) is 3.15. The van der Waals surface area contributed by atoms with Crippen molar-refractivity contribution in [3.63, 3.8) is 0 Å². The van der Waals surface area contributed by atoms with Crippen molar-refractivity contribution in [2.24, 2.45) is 4.99 Å². The minimum Gasteiger partial charge on any atom is -0.357 e. The summed E-state index contributed by atoms with van der Waals surface area (Å²) < 4.78 is 0. The van der Waals surface area contributed by atoms with E-state index in [0.29, 0.717) is 6.04 Å². The second-order valence-corrected chi connectivity index (χ2v) is 6.59. The summed E-state index contributed by atoms with van der Waals surface area (Å²) in [5, 5.41) is 5.51.